The predicted molar refractivity (Wildman–Crippen MR) is 139 cm³/mol. The van der Waals surface area contributed by atoms with Crippen molar-refractivity contribution in [3.63, 3.8) is 0 Å². The van der Waals surface area contributed by atoms with Crippen molar-refractivity contribution >= 4 is 29.9 Å². The molecular formula is C27H33N7O3. The van der Waals surface area contributed by atoms with E-state index in [1.165, 1.54) is 0 Å². The molecule has 1 unspecified atom stereocenters. The van der Waals surface area contributed by atoms with Crippen molar-refractivity contribution in [1.82, 2.24) is 25.2 Å². The van der Waals surface area contributed by atoms with Gasteiger partial charge in [-0.3, -0.25) is 14.4 Å². The number of piperidine rings is 2. The molecule has 2 aromatic rings. The molecule has 1 aromatic heterocycles. The van der Waals surface area contributed by atoms with E-state index in [1.54, 1.807) is 29.1 Å². The number of nitrogens with one attached hydrogen (secondary N) is 1. The molecule has 0 aliphatic carbocycles. The van der Waals surface area contributed by atoms with E-state index in [1.807, 2.05) is 41.4 Å². The van der Waals surface area contributed by atoms with E-state index in [-0.39, 0.29) is 35.7 Å². The minimum atomic E-state index is -0.228. The van der Waals surface area contributed by atoms with Crippen molar-refractivity contribution < 1.29 is 14.4 Å². The first-order valence-corrected chi connectivity index (χ1v) is 13.0. The van der Waals surface area contributed by atoms with Gasteiger partial charge in [0.05, 0.1) is 6.04 Å². The summed E-state index contributed by atoms with van der Waals surface area (Å²) in [5, 5.41) is 9.09. The van der Waals surface area contributed by atoms with Crippen molar-refractivity contribution in [1.29, 1.82) is 0 Å². The lowest BCUT2D eigenvalue weighted by molar-refractivity contribution is -0.138. The van der Waals surface area contributed by atoms with Gasteiger partial charge in [-0.2, -0.15) is 5.10 Å². The number of hydrogen-bond donors (Lipinski definition) is 1. The Hall–Kier alpha value is -3.82. The number of benzene rings is 1. The van der Waals surface area contributed by atoms with E-state index in [4.69, 9.17) is 0 Å². The van der Waals surface area contributed by atoms with Gasteiger partial charge in [-0.25, -0.2) is 15.0 Å². The van der Waals surface area contributed by atoms with Crippen molar-refractivity contribution in [2.24, 2.45) is 11.0 Å². The maximum atomic E-state index is 13.3. The van der Waals surface area contributed by atoms with Crippen LogP contribution in [-0.4, -0.2) is 76.0 Å². The molecule has 3 amide bonds. The Morgan fingerprint density at radius 2 is 1.68 bits per heavy atom. The number of rotatable bonds is 5. The van der Waals surface area contributed by atoms with Gasteiger partial charge in [0.15, 0.2) is 0 Å². The fraction of sp³-hybridized carbons (Fsp3) is 0.481. The third-order valence-electron chi connectivity index (χ3n) is 7.52. The molecule has 1 atom stereocenters. The van der Waals surface area contributed by atoms with Crippen LogP contribution in [0.3, 0.4) is 0 Å². The summed E-state index contributed by atoms with van der Waals surface area (Å²) in [4.78, 5) is 50.4. The third kappa shape index (κ3) is 5.63. The zero-order valence-electron chi connectivity index (χ0n) is 21.1. The number of nitrogens with zero attached hydrogens (tertiary/aromatic N) is 6. The highest BCUT2D eigenvalue weighted by Gasteiger charge is 2.35. The Bertz CT molecular complexity index is 1160. The van der Waals surface area contributed by atoms with Gasteiger partial charge in [-0.15, -0.1) is 0 Å². The zero-order chi connectivity index (χ0) is 25.8. The SMILES string of the molecule is CC(=O)N1CCC(NC(=O)c2ccnc(N3CCC(C(=O)N4N=CCC4c4ccccc4)CC3)n2)CC1. The van der Waals surface area contributed by atoms with Crippen LogP contribution in [0.1, 0.15) is 61.1 Å². The van der Waals surface area contributed by atoms with Gasteiger partial charge in [0.1, 0.15) is 5.69 Å². The van der Waals surface area contributed by atoms with Crippen LogP contribution in [-0.2, 0) is 9.59 Å². The smallest absolute Gasteiger partial charge is 0.270 e. The van der Waals surface area contributed by atoms with Crippen LogP contribution in [0.4, 0.5) is 5.95 Å². The number of carbonyl (C=O) groups is 3. The highest BCUT2D eigenvalue weighted by atomic mass is 16.2. The van der Waals surface area contributed by atoms with Crippen LogP contribution >= 0.6 is 0 Å². The Labute approximate surface area is 216 Å². The standard InChI is InChI=1S/C27H33N7O3/c1-19(35)32-17-11-22(12-18-32)30-25(36)23-7-13-28-27(31-23)33-15-9-21(10-16-33)26(37)34-24(8-14-29-34)20-5-3-2-4-6-20/h2-7,13-14,21-22,24H,8-12,15-18H2,1H3,(H,30,36). The highest BCUT2D eigenvalue weighted by Crippen LogP contribution is 2.32. The molecule has 1 aromatic carbocycles. The second-order valence-electron chi connectivity index (χ2n) is 9.90. The summed E-state index contributed by atoms with van der Waals surface area (Å²) < 4.78 is 0. The van der Waals surface area contributed by atoms with Gasteiger partial charge in [-0.1, -0.05) is 30.3 Å². The maximum absolute atomic E-state index is 13.3. The number of amides is 3. The average Bonchev–Trinajstić information content (AvgIpc) is 3.44. The van der Waals surface area contributed by atoms with Gasteiger partial charge >= 0.3 is 0 Å². The van der Waals surface area contributed by atoms with Gasteiger partial charge in [0, 0.05) is 63.9 Å². The summed E-state index contributed by atoms with van der Waals surface area (Å²) in [5.41, 5.74) is 1.42. The number of carbonyl (C=O) groups excluding carboxylic acids is 3. The van der Waals surface area contributed by atoms with Crippen molar-refractivity contribution in [3.8, 4) is 0 Å². The van der Waals surface area contributed by atoms with E-state index >= 15 is 0 Å². The second-order valence-corrected chi connectivity index (χ2v) is 9.90. The molecule has 3 aliphatic rings. The number of aromatic nitrogens is 2. The Balaban J connectivity index is 1.15. The number of likely N-dealkylation sites (tertiary alicyclic amines) is 1. The third-order valence-corrected chi connectivity index (χ3v) is 7.52. The van der Waals surface area contributed by atoms with Crippen LogP contribution in [0.25, 0.3) is 0 Å². The van der Waals surface area contributed by atoms with Crippen LogP contribution in [0.2, 0.25) is 0 Å². The lowest BCUT2D eigenvalue weighted by atomic mass is 9.94. The lowest BCUT2D eigenvalue weighted by Gasteiger charge is -2.34. The van der Waals surface area contributed by atoms with Crippen molar-refractivity contribution in [3.05, 3.63) is 53.9 Å². The molecule has 0 spiro atoms. The minimum absolute atomic E-state index is 0.0243. The number of anilines is 1. The van der Waals surface area contributed by atoms with E-state index in [2.05, 4.69) is 20.4 Å². The molecule has 2 saturated heterocycles. The molecular weight excluding hydrogens is 470 g/mol. The van der Waals surface area contributed by atoms with E-state index < -0.39 is 0 Å². The maximum Gasteiger partial charge on any atom is 0.270 e. The van der Waals surface area contributed by atoms with Gasteiger partial charge in [-0.05, 0) is 37.3 Å². The number of hydrogen-bond acceptors (Lipinski definition) is 7. The molecule has 0 saturated carbocycles. The minimum Gasteiger partial charge on any atom is -0.348 e. The first-order valence-electron chi connectivity index (χ1n) is 13.0. The van der Waals surface area contributed by atoms with Gasteiger partial charge < -0.3 is 15.1 Å². The largest absolute Gasteiger partial charge is 0.348 e. The predicted octanol–water partition coefficient (Wildman–Crippen LogP) is 2.39. The van der Waals surface area contributed by atoms with E-state index in [0.29, 0.717) is 50.7 Å². The molecule has 10 heteroatoms. The topological polar surface area (TPSA) is 111 Å². The molecule has 0 bridgehead atoms. The Morgan fingerprint density at radius 3 is 2.38 bits per heavy atom. The molecule has 5 rings (SSSR count). The quantitative estimate of drug-likeness (QED) is 0.671. The van der Waals surface area contributed by atoms with E-state index in [9.17, 15) is 14.4 Å². The van der Waals surface area contributed by atoms with Crippen LogP contribution in [0.5, 0.6) is 0 Å². The summed E-state index contributed by atoms with van der Waals surface area (Å²) in [6.07, 6.45) is 6.99. The van der Waals surface area contributed by atoms with Crippen LogP contribution in [0.15, 0.2) is 47.7 Å². The molecule has 10 nitrogen and oxygen atoms in total. The normalized spacial score (nSPS) is 20.8. The fourth-order valence-corrected chi connectivity index (χ4v) is 5.32. The van der Waals surface area contributed by atoms with E-state index in [0.717, 1.165) is 24.8 Å². The monoisotopic (exact) mass is 503 g/mol. The van der Waals surface area contributed by atoms with Crippen LogP contribution < -0.4 is 10.2 Å². The summed E-state index contributed by atoms with van der Waals surface area (Å²) in [7, 11) is 0. The van der Waals surface area contributed by atoms with Crippen molar-refractivity contribution in [2.45, 2.75) is 51.1 Å². The Kier molecular flexibility index (Phi) is 7.43. The zero-order valence-corrected chi connectivity index (χ0v) is 21.1. The molecule has 4 heterocycles. The first kappa shape index (κ1) is 24.9. The molecule has 3 aliphatic heterocycles. The second kappa shape index (κ2) is 11.1. The fourth-order valence-electron chi connectivity index (χ4n) is 5.32. The van der Waals surface area contributed by atoms with Gasteiger partial charge in [0.25, 0.3) is 5.91 Å². The molecule has 1 N–H and O–H groups in total. The highest BCUT2D eigenvalue weighted by molar-refractivity contribution is 5.92. The van der Waals surface area contributed by atoms with Crippen LogP contribution in [0, 0.1) is 5.92 Å². The molecule has 0 radical (unpaired) electrons. The lowest BCUT2D eigenvalue weighted by Crippen LogP contribution is -2.46. The summed E-state index contributed by atoms with van der Waals surface area (Å²) >= 11 is 0. The summed E-state index contributed by atoms with van der Waals surface area (Å²) in [5.74, 6) is 0.303. The van der Waals surface area contributed by atoms with Gasteiger partial charge in [0.2, 0.25) is 17.8 Å². The first-order chi connectivity index (χ1) is 18.0. The average molecular weight is 504 g/mol. The molecule has 194 valence electrons. The molecule has 2 fully saturated rings. The molecule has 37 heavy (non-hydrogen) atoms. The summed E-state index contributed by atoms with van der Waals surface area (Å²) in [6.45, 7) is 4.15. The summed E-state index contributed by atoms with van der Waals surface area (Å²) in [6, 6.07) is 11.6. The number of hydrazone groups is 1. The Morgan fingerprint density at radius 1 is 0.946 bits per heavy atom. The van der Waals surface area contributed by atoms with Crippen molar-refractivity contribution in [2.75, 3.05) is 31.1 Å².